The lowest BCUT2D eigenvalue weighted by atomic mass is 9.85. The van der Waals surface area contributed by atoms with Gasteiger partial charge in [0, 0.05) is 24.3 Å². The third-order valence-electron chi connectivity index (χ3n) is 5.76. The van der Waals surface area contributed by atoms with Gasteiger partial charge in [-0.15, -0.1) is 0 Å². The number of hydrogen-bond donors (Lipinski definition) is 1. The molecule has 0 aliphatic heterocycles. The van der Waals surface area contributed by atoms with Gasteiger partial charge in [-0.25, -0.2) is 13.1 Å². The van der Waals surface area contributed by atoms with Crippen LogP contribution < -0.4 is 9.46 Å². The molecule has 1 aliphatic rings. The molecule has 0 saturated carbocycles. The van der Waals surface area contributed by atoms with Crippen molar-refractivity contribution in [2.75, 3.05) is 19.5 Å². The predicted octanol–water partition coefficient (Wildman–Crippen LogP) is 4.01. The quantitative estimate of drug-likeness (QED) is 0.471. The Kier molecular flexibility index (Phi) is 7.50. The number of benzene rings is 2. The maximum atomic E-state index is 12.5. The Morgan fingerprint density at radius 2 is 2.11 bits per heavy atom. The van der Waals surface area contributed by atoms with Gasteiger partial charge >= 0.3 is 0 Å². The summed E-state index contributed by atoms with van der Waals surface area (Å²) >= 11 is 0. The molecule has 1 aliphatic carbocycles. The molecular weight excluding hydrogens is 468 g/mol. The van der Waals surface area contributed by atoms with E-state index in [0.717, 1.165) is 29.5 Å². The molecule has 4 rings (SSSR count). The van der Waals surface area contributed by atoms with Gasteiger partial charge in [0.2, 0.25) is 15.8 Å². The number of methoxy groups -OCH3 is 1. The fraction of sp³-hybridized carbons (Fsp3) is 0.400. The highest BCUT2D eigenvalue weighted by molar-refractivity contribution is 7.89. The Morgan fingerprint density at radius 1 is 1.29 bits per heavy atom. The molecule has 0 radical (unpaired) electrons. The van der Waals surface area contributed by atoms with E-state index in [0.29, 0.717) is 29.1 Å². The van der Waals surface area contributed by atoms with Crippen LogP contribution in [0, 0.1) is 11.3 Å². The average molecular weight is 497 g/mol. The van der Waals surface area contributed by atoms with Gasteiger partial charge in [0.05, 0.1) is 24.0 Å². The van der Waals surface area contributed by atoms with Crippen molar-refractivity contribution in [3.05, 3.63) is 53.1 Å². The molecule has 9 nitrogen and oxygen atoms in total. The second-order valence-corrected chi connectivity index (χ2v) is 10.5. The first-order valence-electron chi connectivity index (χ1n) is 11.5. The zero-order valence-corrected chi connectivity index (χ0v) is 20.8. The second kappa shape index (κ2) is 10.6. The summed E-state index contributed by atoms with van der Waals surface area (Å²) in [5.41, 5.74) is 3.73. The van der Waals surface area contributed by atoms with Crippen molar-refractivity contribution >= 4 is 10.0 Å². The lowest BCUT2D eigenvalue weighted by Crippen LogP contribution is -2.34. The van der Waals surface area contributed by atoms with Crippen molar-refractivity contribution in [1.82, 2.24) is 14.9 Å². The Balaban J connectivity index is 1.63. The van der Waals surface area contributed by atoms with E-state index >= 15 is 0 Å². The molecule has 1 atom stereocenters. The molecular formula is C25H28N4O5S. The Morgan fingerprint density at radius 3 is 2.86 bits per heavy atom. The van der Waals surface area contributed by atoms with E-state index in [1.54, 1.807) is 18.2 Å². The normalized spacial score (nSPS) is 15.6. The van der Waals surface area contributed by atoms with Gasteiger partial charge in [0.1, 0.15) is 11.8 Å². The van der Waals surface area contributed by atoms with Gasteiger partial charge < -0.3 is 14.0 Å². The van der Waals surface area contributed by atoms with Crippen molar-refractivity contribution < 1.29 is 22.4 Å². The molecule has 2 aromatic carbocycles. The van der Waals surface area contributed by atoms with E-state index in [1.165, 1.54) is 7.11 Å². The first kappa shape index (κ1) is 24.9. The minimum absolute atomic E-state index is 0.0551. The van der Waals surface area contributed by atoms with Gasteiger partial charge in [-0.2, -0.15) is 10.2 Å². The highest BCUT2D eigenvalue weighted by Gasteiger charge is 2.27. The van der Waals surface area contributed by atoms with E-state index in [9.17, 15) is 13.7 Å². The van der Waals surface area contributed by atoms with E-state index in [1.807, 2.05) is 32.0 Å². The van der Waals surface area contributed by atoms with Crippen molar-refractivity contribution in [3.8, 4) is 34.7 Å². The number of fused-ring (bicyclic) bond motifs is 1. The van der Waals surface area contributed by atoms with Gasteiger partial charge in [0.15, 0.2) is 0 Å². The summed E-state index contributed by atoms with van der Waals surface area (Å²) < 4.78 is 43.9. The van der Waals surface area contributed by atoms with Crippen LogP contribution in [0.2, 0.25) is 0 Å². The number of ether oxygens (including phenoxy) is 2. The van der Waals surface area contributed by atoms with E-state index in [2.05, 4.69) is 20.9 Å². The number of nitrogens with one attached hydrogen (secondary N) is 1. The molecule has 1 heterocycles. The maximum Gasteiger partial charge on any atom is 0.258 e. The summed E-state index contributed by atoms with van der Waals surface area (Å²) in [5.74, 6) is 1.12. The summed E-state index contributed by atoms with van der Waals surface area (Å²) in [5, 5.41) is 13.7. The number of nitriles is 1. The van der Waals surface area contributed by atoms with E-state index < -0.39 is 10.0 Å². The molecule has 10 heteroatoms. The number of sulfonamides is 1. The summed E-state index contributed by atoms with van der Waals surface area (Å²) in [6.07, 6.45) is 2.27. The fourth-order valence-corrected chi connectivity index (χ4v) is 5.39. The molecule has 1 N–H and O–H groups in total. The first-order chi connectivity index (χ1) is 16.8. The predicted molar refractivity (Wildman–Crippen MR) is 130 cm³/mol. The topological polar surface area (TPSA) is 127 Å². The van der Waals surface area contributed by atoms with Crippen LogP contribution in [0.3, 0.4) is 0 Å². The minimum Gasteiger partial charge on any atom is -0.490 e. The summed E-state index contributed by atoms with van der Waals surface area (Å²) in [6, 6.07) is 12.7. The van der Waals surface area contributed by atoms with E-state index in [-0.39, 0.29) is 30.4 Å². The fourth-order valence-electron chi connectivity index (χ4n) is 4.21. The zero-order chi connectivity index (χ0) is 25.0. The smallest absolute Gasteiger partial charge is 0.258 e. The molecule has 35 heavy (non-hydrogen) atoms. The van der Waals surface area contributed by atoms with Gasteiger partial charge in [-0.05, 0) is 62.4 Å². The lowest BCUT2D eigenvalue weighted by molar-refractivity contribution is 0.216. The van der Waals surface area contributed by atoms with E-state index in [4.69, 9.17) is 14.0 Å². The molecule has 0 amide bonds. The van der Waals surface area contributed by atoms with Crippen molar-refractivity contribution in [2.24, 2.45) is 0 Å². The number of nitrogens with zero attached hydrogens (tertiary/aromatic N) is 3. The van der Waals surface area contributed by atoms with Crippen molar-refractivity contribution in [2.45, 2.75) is 45.3 Å². The lowest BCUT2D eigenvalue weighted by Gasteiger charge is -2.27. The van der Waals surface area contributed by atoms with Gasteiger partial charge in [-0.3, -0.25) is 0 Å². The SMILES string of the molecule is COCCS(=O)(=O)NC1CCCc2c(-c3noc(-c4ccc(OC(C)C)c(C#N)c4)n3)cccc21. The van der Waals surface area contributed by atoms with Crippen LogP contribution in [0.1, 0.15) is 49.4 Å². The van der Waals surface area contributed by atoms with Crippen LogP contribution in [-0.4, -0.2) is 44.1 Å². The third kappa shape index (κ3) is 5.70. The standard InChI is InChI=1S/C25H28N4O5S/c1-16(2)33-23-11-10-17(14-18(23)15-26)25-27-24(28-34-25)21-8-4-7-20-19(21)6-5-9-22(20)29-35(30,31)13-12-32-3/h4,7-8,10-11,14,16,22,29H,5-6,9,12-13H2,1-3H3. The van der Waals surface area contributed by atoms with Crippen LogP contribution in [0.5, 0.6) is 5.75 Å². The first-order valence-corrected chi connectivity index (χ1v) is 13.1. The zero-order valence-electron chi connectivity index (χ0n) is 19.9. The Bertz CT molecular complexity index is 1340. The molecule has 0 fully saturated rings. The summed E-state index contributed by atoms with van der Waals surface area (Å²) in [7, 11) is -2.00. The van der Waals surface area contributed by atoms with Crippen molar-refractivity contribution in [1.29, 1.82) is 5.26 Å². The van der Waals surface area contributed by atoms with Crippen LogP contribution in [0.4, 0.5) is 0 Å². The average Bonchev–Trinajstić information content (AvgIpc) is 3.32. The van der Waals surface area contributed by atoms with Crippen LogP contribution >= 0.6 is 0 Å². The number of hydrogen-bond acceptors (Lipinski definition) is 8. The number of rotatable bonds is 9. The van der Waals surface area contributed by atoms with Crippen LogP contribution in [0.25, 0.3) is 22.8 Å². The highest BCUT2D eigenvalue weighted by Crippen LogP contribution is 2.36. The molecule has 1 unspecified atom stereocenters. The molecule has 3 aromatic rings. The minimum atomic E-state index is -3.47. The molecule has 0 saturated heterocycles. The maximum absolute atomic E-state index is 12.5. The molecule has 0 bridgehead atoms. The molecule has 0 spiro atoms. The molecule has 1 aromatic heterocycles. The van der Waals surface area contributed by atoms with Crippen molar-refractivity contribution in [3.63, 3.8) is 0 Å². The monoisotopic (exact) mass is 496 g/mol. The highest BCUT2D eigenvalue weighted by atomic mass is 32.2. The second-order valence-electron chi connectivity index (χ2n) is 8.66. The third-order valence-corrected chi connectivity index (χ3v) is 7.11. The number of aromatic nitrogens is 2. The van der Waals surface area contributed by atoms with Gasteiger partial charge in [-0.1, -0.05) is 23.4 Å². The largest absolute Gasteiger partial charge is 0.490 e. The van der Waals surface area contributed by atoms with Crippen LogP contribution in [-0.2, 0) is 21.2 Å². The Hall–Kier alpha value is -3.26. The Labute approximate surface area is 205 Å². The van der Waals surface area contributed by atoms with Gasteiger partial charge in [0.25, 0.3) is 5.89 Å². The molecule has 184 valence electrons. The van der Waals surface area contributed by atoms with Crippen LogP contribution in [0.15, 0.2) is 40.9 Å². The summed E-state index contributed by atoms with van der Waals surface area (Å²) in [4.78, 5) is 4.58. The summed E-state index contributed by atoms with van der Waals surface area (Å²) in [6.45, 7) is 3.93.